The van der Waals surface area contributed by atoms with Crippen LogP contribution in [0.4, 0.5) is 5.69 Å². The van der Waals surface area contributed by atoms with Gasteiger partial charge in [-0.05, 0) is 65.2 Å². The molecule has 0 aliphatic carbocycles. The summed E-state index contributed by atoms with van der Waals surface area (Å²) >= 11 is 0. The van der Waals surface area contributed by atoms with Crippen molar-refractivity contribution in [3.8, 4) is 45.1 Å². The van der Waals surface area contributed by atoms with Gasteiger partial charge in [0.15, 0.2) is 0 Å². The van der Waals surface area contributed by atoms with Gasteiger partial charge >= 0.3 is 0 Å². The number of nitrogens with one attached hydrogen (secondary N) is 1. The van der Waals surface area contributed by atoms with E-state index in [-0.39, 0.29) is 23.8 Å². The number of rotatable bonds is 2. The van der Waals surface area contributed by atoms with Crippen molar-refractivity contribution in [1.29, 1.82) is 0 Å². The number of carbonyl (C=O) groups is 1. The lowest BCUT2D eigenvalue weighted by Gasteiger charge is -2.15. The molecular weight excluding hydrogens is 376 g/mol. The molecule has 0 bridgehead atoms. The first-order valence-electron chi connectivity index (χ1n) is 9.60. The Bertz CT molecular complexity index is 1260. The first-order valence-corrected chi connectivity index (χ1v) is 9.60. The van der Waals surface area contributed by atoms with Crippen LogP contribution in [0.1, 0.15) is 5.56 Å². The van der Waals surface area contributed by atoms with Crippen molar-refractivity contribution < 1.29 is 15.0 Å². The molecule has 1 aliphatic heterocycles. The van der Waals surface area contributed by atoms with Crippen LogP contribution in [0.3, 0.4) is 0 Å². The summed E-state index contributed by atoms with van der Waals surface area (Å²) in [6.07, 6.45) is 0.198. The van der Waals surface area contributed by atoms with E-state index in [1.54, 1.807) is 24.3 Å². The number of anilines is 1. The zero-order valence-electron chi connectivity index (χ0n) is 16.0. The SMILES string of the molecule is O=C1Cc2c(-c3ccc(O)cc3)cc(-c3ccc(O)cc3)nc2-c2ccccc2N1. The van der Waals surface area contributed by atoms with Gasteiger partial charge < -0.3 is 15.5 Å². The number of nitrogens with zero attached hydrogens (tertiary/aromatic N) is 1. The van der Waals surface area contributed by atoms with Gasteiger partial charge in [0.2, 0.25) is 5.91 Å². The minimum absolute atomic E-state index is 0.0968. The number of hydrogen-bond donors (Lipinski definition) is 3. The third-order valence-corrected chi connectivity index (χ3v) is 5.26. The Kier molecular flexibility index (Phi) is 4.21. The zero-order chi connectivity index (χ0) is 20.7. The molecule has 30 heavy (non-hydrogen) atoms. The first-order chi connectivity index (χ1) is 14.6. The predicted molar refractivity (Wildman–Crippen MR) is 116 cm³/mol. The maximum atomic E-state index is 12.6. The van der Waals surface area contributed by atoms with Crippen LogP contribution in [0.2, 0.25) is 0 Å². The van der Waals surface area contributed by atoms with Crippen molar-refractivity contribution in [3.05, 3.63) is 84.4 Å². The van der Waals surface area contributed by atoms with Gasteiger partial charge in [-0.1, -0.05) is 30.3 Å². The minimum Gasteiger partial charge on any atom is -0.508 e. The Labute approximate surface area is 173 Å². The highest BCUT2D eigenvalue weighted by Crippen LogP contribution is 2.40. The van der Waals surface area contributed by atoms with Gasteiger partial charge in [-0.3, -0.25) is 4.79 Å². The molecule has 1 aromatic heterocycles. The molecular formula is C25H18N2O3. The Morgan fingerprint density at radius 2 is 1.40 bits per heavy atom. The Hall–Kier alpha value is -4.12. The maximum absolute atomic E-state index is 12.6. The van der Waals surface area contributed by atoms with Gasteiger partial charge in [-0.2, -0.15) is 0 Å². The van der Waals surface area contributed by atoms with Gasteiger partial charge in [0, 0.05) is 11.1 Å². The number of hydrogen-bond acceptors (Lipinski definition) is 4. The van der Waals surface area contributed by atoms with Crippen LogP contribution in [0.5, 0.6) is 11.5 Å². The second kappa shape index (κ2) is 7.04. The van der Waals surface area contributed by atoms with Crippen molar-refractivity contribution in [2.45, 2.75) is 6.42 Å². The monoisotopic (exact) mass is 394 g/mol. The standard InChI is InChI=1S/C25H18N2O3/c28-17-9-5-15(6-10-17)20-13-23(16-7-11-18(29)12-8-16)27-25-19-3-1-2-4-22(19)26-24(30)14-21(20)25/h1-13,28-29H,14H2,(H,26,30). The number of benzene rings is 3. The van der Waals surface area contributed by atoms with E-state index in [4.69, 9.17) is 4.98 Å². The summed E-state index contributed by atoms with van der Waals surface area (Å²) in [5.41, 5.74) is 6.54. The third-order valence-electron chi connectivity index (χ3n) is 5.26. The van der Waals surface area contributed by atoms with Crippen LogP contribution in [-0.2, 0) is 11.2 Å². The van der Waals surface area contributed by atoms with Crippen molar-refractivity contribution in [3.63, 3.8) is 0 Å². The molecule has 0 fully saturated rings. The van der Waals surface area contributed by atoms with Gasteiger partial charge in [0.05, 0.1) is 23.5 Å². The average molecular weight is 394 g/mol. The van der Waals surface area contributed by atoms with Crippen LogP contribution >= 0.6 is 0 Å². The maximum Gasteiger partial charge on any atom is 0.228 e. The fraction of sp³-hybridized carbons (Fsp3) is 0.0400. The quantitative estimate of drug-likeness (QED) is 0.447. The summed E-state index contributed by atoms with van der Waals surface area (Å²) in [5.74, 6) is 0.272. The molecule has 5 nitrogen and oxygen atoms in total. The largest absolute Gasteiger partial charge is 0.508 e. The van der Waals surface area contributed by atoms with E-state index in [9.17, 15) is 15.0 Å². The predicted octanol–water partition coefficient (Wildman–Crippen LogP) is 4.99. The summed E-state index contributed by atoms with van der Waals surface area (Å²) in [6.45, 7) is 0. The molecule has 2 heterocycles. The molecule has 146 valence electrons. The van der Waals surface area contributed by atoms with E-state index in [1.165, 1.54) is 0 Å². The minimum atomic E-state index is -0.0968. The zero-order valence-corrected chi connectivity index (χ0v) is 16.0. The number of carbonyl (C=O) groups excluding carboxylic acids is 1. The molecule has 0 radical (unpaired) electrons. The highest BCUT2D eigenvalue weighted by atomic mass is 16.3. The summed E-state index contributed by atoms with van der Waals surface area (Å²) in [4.78, 5) is 17.6. The van der Waals surface area contributed by atoms with Crippen LogP contribution < -0.4 is 5.32 Å². The molecule has 4 aromatic rings. The topological polar surface area (TPSA) is 82.5 Å². The van der Waals surface area contributed by atoms with Crippen molar-refractivity contribution >= 4 is 11.6 Å². The number of fused-ring (bicyclic) bond motifs is 3. The number of amides is 1. The molecule has 0 atom stereocenters. The summed E-state index contributed by atoms with van der Waals surface area (Å²) < 4.78 is 0. The van der Waals surface area contributed by atoms with Crippen molar-refractivity contribution in [2.24, 2.45) is 0 Å². The summed E-state index contributed by atoms with van der Waals surface area (Å²) in [5, 5.41) is 22.4. The number of phenols is 2. The molecule has 1 aliphatic rings. The van der Waals surface area contributed by atoms with Crippen molar-refractivity contribution in [2.75, 3.05) is 5.32 Å². The van der Waals surface area contributed by atoms with Crippen LogP contribution in [0.15, 0.2) is 78.9 Å². The third kappa shape index (κ3) is 3.16. The van der Waals surface area contributed by atoms with E-state index in [0.717, 1.165) is 44.9 Å². The number of aromatic hydroxyl groups is 2. The Morgan fingerprint density at radius 3 is 2.10 bits per heavy atom. The normalized spacial score (nSPS) is 12.5. The van der Waals surface area contributed by atoms with E-state index in [0.29, 0.717) is 0 Å². The van der Waals surface area contributed by atoms with Crippen molar-refractivity contribution in [1.82, 2.24) is 4.98 Å². The Morgan fingerprint density at radius 1 is 0.767 bits per heavy atom. The van der Waals surface area contributed by atoms with Gasteiger partial charge in [-0.25, -0.2) is 4.98 Å². The second-order valence-corrected chi connectivity index (χ2v) is 7.25. The fourth-order valence-corrected chi connectivity index (χ4v) is 3.81. The molecule has 3 N–H and O–H groups in total. The Balaban J connectivity index is 1.82. The number of aromatic nitrogens is 1. The molecule has 0 unspecified atom stereocenters. The number of pyridine rings is 1. The van der Waals surface area contributed by atoms with Crippen LogP contribution in [0, 0.1) is 0 Å². The summed E-state index contributed by atoms with van der Waals surface area (Å²) in [7, 11) is 0. The first kappa shape index (κ1) is 17.9. The average Bonchev–Trinajstić information content (AvgIpc) is 2.90. The number of phenolic OH excluding ortho intramolecular Hbond substituents is 2. The van der Waals surface area contributed by atoms with Gasteiger partial charge in [0.1, 0.15) is 11.5 Å². The fourth-order valence-electron chi connectivity index (χ4n) is 3.81. The molecule has 0 saturated carbocycles. The van der Waals surface area contributed by atoms with Gasteiger partial charge in [0.25, 0.3) is 0 Å². The van der Waals surface area contributed by atoms with E-state index >= 15 is 0 Å². The molecule has 5 heteroatoms. The number of para-hydroxylation sites is 1. The molecule has 0 saturated heterocycles. The lowest BCUT2D eigenvalue weighted by molar-refractivity contribution is -0.115. The van der Waals surface area contributed by atoms with E-state index in [1.807, 2.05) is 54.6 Å². The van der Waals surface area contributed by atoms with Crippen LogP contribution in [-0.4, -0.2) is 21.1 Å². The second-order valence-electron chi connectivity index (χ2n) is 7.25. The van der Waals surface area contributed by atoms with Crippen LogP contribution in [0.25, 0.3) is 33.6 Å². The lowest BCUT2D eigenvalue weighted by Crippen LogP contribution is -2.13. The van der Waals surface area contributed by atoms with Gasteiger partial charge in [-0.15, -0.1) is 0 Å². The molecule has 1 amide bonds. The summed E-state index contributed by atoms with van der Waals surface area (Å²) in [6, 6.07) is 23.4. The molecule has 5 rings (SSSR count). The molecule has 0 spiro atoms. The van der Waals surface area contributed by atoms with E-state index < -0.39 is 0 Å². The smallest absolute Gasteiger partial charge is 0.228 e. The highest BCUT2D eigenvalue weighted by Gasteiger charge is 2.24. The van der Waals surface area contributed by atoms with E-state index in [2.05, 4.69) is 5.32 Å². The molecule has 3 aromatic carbocycles. The highest BCUT2D eigenvalue weighted by molar-refractivity contribution is 6.02. The lowest BCUT2D eigenvalue weighted by atomic mass is 9.92.